The monoisotopic (exact) mass is 243 g/mol. The van der Waals surface area contributed by atoms with Crippen LogP contribution in [0, 0.1) is 5.82 Å². The normalized spacial score (nSPS) is 11.6. The first kappa shape index (κ1) is 13.1. The Balaban J connectivity index is 3.18. The van der Waals surface area contributed by atoms with Gasteiger partial charge in [-0.2, -0.15) is 0 Å². The molecule has 0 atom stereocenters. The minimum Gasteiger partial charge on any atom is -0.319 e. The number of rotatable bonds is 4. The molecule has 0 unspecified atom stereocenters. The predicted octanol–water partition coefficient (Wildman–Crippen LogP) is 3.18. The summed E-state index contributed by atoms with van der Waals surface area (Å²) in [6.45, 7) is 3.66. The lowest BCUT2D eigenvalue weighted by molar-refractivity contribution is 0.0879. The highest BCUT2D eigenvalue weighted by atomic mass is 35.5. The van der Waals surface area contributed by atoms with Crippen molar-refractivity contribution in [3.05, 3.63) is 34.6 Å². The first-order valence-corrected chi connectivity index (χ1v) is 5.61. The molecule has 0 heterocycles. The number of halogens is 2. The molecule has 0 bridgehead atoms. The van der Waals surface area contributed by atoms with Crippen molar-refractivity contribution in [2.24, 2.45) is 5.73 Å². The highest BCUT2D eigenvalue weighted by Gasteiger charge is 2.32. The zero-order valence-corrected chi connectivity index (χ0v) is 10.1. The number of hydrogen-bond donors (Lipinski definition) is 1. The molecular formula is C12H15ClFNO. The van der Waals surface area contributed by atoms with Crippen LogP contribution in [0.15, 0.2) is 18.2 Å². The summed E-state index contributed by atoms with van der Waals surface area (Å²) in [7, 11) is 0. The van der Waals surface area contributed by atoms with Crippen molar-refractivity contribution >= 4 is 17.4 Å². The van der Waals surface area contributed by atoms with E-state index >= 15 is 0 Å². The summed E-state index contributed by atoms with van der Waals surface area (Å²) in [5.74, 6) is -0.788. The summed E-state index contributed by atoms with van der Waals surface area (Å²) >= 11 is 5.87. The van der Waals surface area contributed by atoms with Crippen molar-refractivity contribution in [2.75, 3.05) is 0 Å². The highest BCUT2D eigenvalue weighted by molar-refractivity contribution is 6.34. The van der Waals surface area contributed by atoms with Gasteiger partial charge in [0.25, 0.3) is 0 Å². The SMILES string of the molecule is CCC(N)(CC)C(=O)c1cc(F)ccc1Cl. The Kier molecular flexibility index (Phi) is 4.05. The fourth-order valence-corrected chi connectivity index (χ4v) is 1.71. The third kappa shape index (κ3) is 2.42. The van der Waals surface area contributed by atoms with Gasteiger partial charge >= 0.3 is 0 Å². The van der Waals surface area contributed by atoms with E-state index in [0.29, 0.717) is 12.8 Å². The van der Waals surface area contributed by atoms with Crippen LogP contribution >= 0.6 is 11.6 Å². The molecular weight excluding hydrogens is 229 g/mol. The van der Waals surface area contributed by atoms with Gasteiger partial charge in [-0.25, -0.2) is 4.39 Å². The van der Waals surface area contributed by atoms with Gasteiger partial charge in [-0.3, -0.25) is 4.79 Å². The summed E-state index contributed by atoms with van der Waals surface area (Å²) < 4.78 is 13.1. The molecule has 0 aliphatic heterocycles. The van der Waals surface area contributed by atoms with Crippen LogP contribution in [0.1, 0.15) is 37.0 Å². The summed E-state index contributed by atoms with van der Waals surface area (Å²) in [4.78, 5) is 12.1. The molecule has 0 amide bonds. The van der Waals surface area contributed by atoms with Crippen molar-refractivity contribution in [3.8, 4) is 0 Å². The van der Waals surface area contributed by atoms with Crippen LogP contribution in [0.2, 0.25) is 5.02 Å². The molecule has 1 aromatic carbocycles. The maximum atomic E-state index is 13.1. The van der Waals surface area contributed by atoms with Crippen LogP contribution < -0.4 is 5.73 Å². The maximum absolute atomic E-state index is 13.1. The standard InChI is InChI=1S/C12H15ClFNO/c1-3-12(15,4-2)11(16)9-7-8(14)5-6-10(9)13/h5-7H,3-4,15H2,1-2H3. The quantitative estimate of drug-likeness (QED) is 0.826. The molecule has 0 aromatic heterocycles. The molecule has 0 aliphatic carbocycles. The van der Waals surface area contributed by atoms with Crippen molar-refractivity contribution in [2.45, 2.75) is 32.2 Å². The van der Waals surface area contributed by atoms with Gasteiger partial charge in [-0.1, -0.05) is 25.4 Å². The van der Waals surface area contributed by atoms with E-state index in [1.54, 1.807) is 0 Å². The van der Waals surface area contributed by atoms with Gasteiger partial charge in [-0.15, -0.1) is 0 Å². The number of Topliss-reactive ketones (excluding diaryl/α,β-unsaturated/α-hetero) is 1. The lowest BCUT2D eigenvalue weighted by Crippen LogP contribution is -2.46. The fraction of sp³-hybridized carbons (Fsp3) is 0.417. The van der Waals surface area contributed by atoms with Crippen LogP contribution in [0.4, 0.5) is 4.39 Å². The topological polar surface area (TPSA) is 43.1 Å². The largest absolute Gasteiger partial charge is 0.319 e. The third-order valence-electron chi connectivity index (χ3n) is 2.89. The van der Waals surface area contributed by atoms with Gasteiger partial charge in [0.05, 0.1) is 10.6 Å². The Hall–Kier alpha value is -0.930. The van der Waals surface area contributed by atoms with Crippen molar-refractivity contribution in [3.63, 3.8) is 0 Å². The molecule has 2 N–H and O–H groups in total. The van der Waals surface area contributed by atoms with Gasteiger partial charge in [-0.05, 0) is 31.0 Å². The third-order valence-corrected chi connectivity index (χ3v) is 3.22. The van der Waals surface area contributed by atoms with E-state index in [-0.39, 0.29) is 16.4 Å². The molecule has 16 heavy (non-hydrogen) atoms. The van der Waals surface area contributed by atoms with Crippen LogP contribution in [0.5, 0.6) is 0 Å². The second kappa shape index (κ2) is 4.93. The summed E-state index contributed by atoms with van der Waals surface area (Å²) in [6, 6.07) is 3.72. The highest BCUT2D eigenvalue weighted by Crippen LogP contribution is 2.24. The molecule has 4 heteroatoms. The fourth-order valence-electron chi connectivity index (χ4n) is 1.51. The molecule has 0 saturated carbocycles. The van der Waals surface area contributed by atoms with Crippen molar-refractivity contribution in [1.29, 1.82) is 0 Å². The molecule has 2 nitrogen and oxygen atoms in total. The maximum Gasteiger partial charge on any atom is 0.184 e. The lowest BCUT2D eigenvalue weighted by Gasteiger charge is -2.25. The van der Waals surface area contributed by atoms with E-state index in [4.69, 9.17) is 17.3 Å². The van der Waals surface area contributed by atoms with Gasteiger partial charge in [0.15, 0.2) is 5.78 Å². The van der Waals surface area contributed by atoms with Crippen LogP contribution in [0.25, 0.3) is 0 Å². The molecule has 0 aliphatic rings. The zero-order valence-electron chi connectivity index (χ0n) is 9.39. The van der Waals surface area contributed by atoms with Gasteiger partial charge in [0.2, 0.25) is 0 Å². The Morgan fingerprint density at radius 2 is 2.00 bits per heavy atom. The van der Waals surface area contributed by atoms with E-state index < -0.39 is 11.4 Å². The van der Waals surface area contributed by atoms with E-state index in [1.165, 1.54) is 12.1 Å². The smallest absolute Gasteiger partial charge is 0.184 e. The number of hydrogen-bond acceptors (Lipinski definition) is 2. The van der Waals surface area contributed by atoms with Crippen molar-refractivity contribution < 1.29 is 9.18 Å². The first-order chi connectivity index (χ1) is 7.44. The molecule has 0 spiro atoms. The average molecular weight is 244 g/mol. The minimum atomic E-state index is -0.961. The molecule has 1 aromatic rings. The predicted molar refractivity (Wildman–Crippen MR) is 63.2 cm³/mol. The second-order valence-electron chi connectivity index (χ2n) is 3.82. The van der Waals surface area contributed by atoms with Crippen LogP contribution in [-0.4, -0.2) is 11.3 Å². The number of nitrogens with two attached hydrogens (primary N) is 1. The second-order valence-corrected chi connectivity index (χ2v) is 4.22. The number of carbonyl (C=O) groups is 1. The molecule has 0 saturated heterocycles. The summed E-state index contributed by atoms with van der Waals surface area (Å²) in [6.07, 6.45) is 0.990. The summed E-state index contributed by atoms with van der Waals surface area (Å²) in [5.41, 5.74) is 5.16. The Morgan fingerprint density at radius 1 is 1.44 bits per heavy atom. The van der Waals surface area contributed by atoms with E-state index in [2.05, 4.69) is 0 Å². The molecule has 0 radical (unpaired) electrons. The van der Waals surface area contributed by atoms with Gasteiger partial charge < -0.3 is 5.73 Å². The minimum absolute atomic E-state index is 0.160. The van der Waals surface area contributed by atoms with E-state index in [1.807, 2.05) is 13.8 Å². The number of carbonyl (C=O) groups excluding carboxylic acids is 1. The van der Waals surface area contributed by atoms with Crippen LogP contribution in [-0.2, 0) is 0 Å². The van der Waals surface area contributed by atoms with Gasteiger partial charge in [0.1, 0.15) is 5.82 Å². The Labute approximate surface area is 99.6 Å². The molecule has 88 valence electrons. The van der Waals surface area contributed by atoms with Gasteiger partial charge in [0, 0.05) is 5.56 Å². The molecule has 1 rings (SSSR count). The van der Waals surface area contributed by atoms with Crippen molar-refractivity contribution in [1.82, 2.24) is 0 Å². The molecule has 0 fully saturated rings. The first-order valence-electron chi connectivity index (χ1n) is 5.23. The Morgan fingerprint density at radius 3 is 2.50 bits per heavy atom. The van der Waals surface area contributed by atoms with E-state index in [9.17, 15) is 9.18 Å². The van der Waals surface area contributed by atoms with Crippen LogP contribution in [0.3, 0.4) is 0 Å². The Bertz CT molecular complexity index is 402. The number of ketones is 1. The summed E-state index contributed by atoms with van der Waals surface area (Å²) in [5, 5.41) is 0.239. The zero-order chi connectivity index (χ0) is 12.3. The number of benzene rings is 1. The average Bonchev–Trinajstić information content (AvgIpc) is 2.30. The lowest BCUT2D eigenvalue weighted by atomic mass is 9.85. The van der Waals surface area contributed by atoms with E-state index in [0.717, 1.165) is 6.07 Å².